The van der Waals surface area contributed by atoms with Gasteiger partial charge in [0.25, 0.3) is 0 Å². The molecule has 16 heavy (non-hydrogen) atoms. The number of aliphatic hydroxyl groups excluding tert-OH is 1. The maximum Gasteiger partial charge on any atom is 0.0793 e. The molecule has 90 valence electrons. The molecule has 0 heterocycles. The van der Waals surface area contributed by atoms with Gasteiger partial charge in [-0.05, 0) is 46.0 Å². The molecule has 1 nitrogen and oxygen atoms in total. The van der Waals surface area contributed by atoms with Crippen LogP contribution in [0.4, 0.5) is 0 Å². The van der Waals surface area contributed by atoms with Gasteiger partial charge in [-0.3, -0.25) is 0 Å². The van der Waals surface area contributed by atoms with Crippen molar-refractivity contribution in [1.29, 1.82) is 0 Å². The predicted molar refractivity (Wildman–Crippen MR) is 72.8 cm³/mol. The fourth-order valence-corrected chi connectivity index (χ4v) is 2.36. The van der Waals surface area contributed by atoms with Crippen LogP contribution in [0.15, 0.2) is 22.7 Å². The minimum atomic E-state index is -0.393. The molecule has 0 bridgehead atoms. The Morgan fingerprint density at radius 2 is 2.12 bits per heavy atom. The molecule has 0 radical (unpaired) electrons. The molecule has 1 N–H and O–H groups in total. The molecule has 0 aromatic heterocycles. The van der Waals surface area contributed by atoms with Crippen LogP contribution < -0.4 is 0 Å². The number of halogens is 2. The zero-order chi connectivity index (χ0) is 12.1. The average molecular weight is 306 g/mol. The second kappa shape index (κ2) is 6.63. The molecule has 0 saturated carbocycles. The van der Waals surface area contributed by atoms with Crippen LogP contribution in [0.25, 0.3) is 0 Å². The molecule has 0 spiro atoms. The Hall–Kier alpha value is -0.0500. The maximum atomic E-state index is 10.1. The van der Waals surface area contributed by atoms with Gasteiger partial charge >= 0.3 is 0 Å². The summed E-state index contributed by atoms with van der Waals surface area (Å²) in [5.74, 6) is 0.550. The first-order chi connectivity index (χ1) is 7.54. The normalized spacial score (nSPS) is 14.8. The van der Waals surface area contributed by atoms with E-state index in [1.54, 1.807) is 0 Å². The third-order valence-electron chi connectivity index (χ3n) is 2.74. The summed E-state index contributed by atoms with van der Waals surface area (Å²) in [4.78, 5) is 0. The highest BCUT2D eigenvalue weighted by Gasteiger charge is 2.12. The third-order valence-corrected chi connectivity index (χ3v) is 3.95. The Morgan fingerprint density at radius 1 is 1.44 bits per heavy atom. The van der Waals surface area contributed by atoms with Crippen LogP contribution in [-0.2, 0) is 0 Å². The first-order valence-electron chi connectivity index (χ1n) is 5.67. The largest absolute Gasteiger partial charge is 0.388 e. The number of benzene rings is 1. The molecule has 0 amide bonds. The molecule has 0 aliphatic rings. The van der Waals surface area contributed by atoms with Crippen LogP contribution in [0.1, 0.15) is 44.8 Å². The highest BCUT2D eigenvalue weighted by molar-refractivity contribution is 9.10. The van der Waals surface area contributed by atoms with Crippen molar-refractivity contribution in [3.8, 4) is 0 Å². The molecule has 2 unspecified atom stereocenters. The molecule has 0 saturated heterocycles. The van der Waals surface area contributed by atoms with Crippen LogP contribution in [-0.4, -0.2) is 5.11 Å². The zero-order valence-corrected chi connectivity index (χ0v) is 12.1. The summed E-state index contributed by atoms with van der Waals surface area (Å²) in [6, 6.07) is 5.59. The van der Waals surface area contributed by atoms with E-state index in [9.17, 15) is 5.11 Å². The monoisotopic (exact) mass is 304 g/mol. The van der Waals surface area contributed by atoms with Gasteiger partial charge in [0.05, 0.1) is 11.1 Å². The van der Waals surface area contributed by atoms with E-state index in [1.807, 2.05) is 18.2 Å². The van der Waals surface area contributed by atoms with Crippen molar-refractivity contribution in [1.82, 2.24) is 0 Å². The van der Waals surface area contributed by atoms with Crippen LogP contribution in [0.5, 0.6) is 0 Å². The van der Waals surface area contributed by atoms with Gasteiger partial charge in [0.15, 0.2) is 0 Å². The minimum absolute atomic E-state index is 0.393. The lowest BCUT2D eigenvalue weighted by Crippen LogP contribution is -2.04. The Balaban J connectivity index is 2.65. The van der Waals surface area contributed by atoms with E-state index in [0.29, 0.717) is 10.9 Å². The minimum Gasteiger partial charge on any atom is -0.388 e. The topological polar surface area (TPSA) is 20.2 Å². The number of hydrogen-bond acceptors (Lipinski definition) is 1. The fraction of sp³-hybridized carbons (Fsp3) is 0.538. The number of aliphatic hydroxyl groups is 1. The van der Waals surface area contributed by atoms with Crippen LogP contribution in [0.2, 0.25) is 5.02 Å². The molecule has 1 aromatic rings. The zero-order valence-electron chi connectivity index (χ0n) is 9.71. The van der Waals surface area contributed by atoms with Crippen molar-refractivity contribution in [2.75, 3.05) is 0 Å². The van der Waals surface area contributed by atoms with Gasteiger partial charge in [-0.25, -0.2) is 0 Å². The quantitative estimate of drug-likeness (QED) is 0.815. The average Bonchev–Trinajstić information content (AvgIpc) is 2.22. The second-order valence-electron chi connectivity index (χ2n) is 4.32. The summed E-state index contributed by atoms with van der Waals surface area (Å²) in [6.45, 7) is 4.35. The fourth-order valence-electron chi connectivity index (χ4n) is 1.85. The van der Waals surface area contributed by atoms with Crippen LogP contribution >= 0.6 is 27.5 Å². The Labute approximate surface area is 111 Å². The standard InChI is InChI=1S/C13H18BrClO/c1-3-4-9(2)7-13(16)10-5-6-12(15)11(14)8-10/h5-6,8-9,13,16H,3-4,7H2,1-2H3. The first-order valence-corrected chi connectivity index (χ1v) is 6.84. The Bertz CT molecular complexity index is 341. The lowest BCUT2D eigenvalue weighted by atomic mass is 9.95. The van der Waals surface area contributed by atoms with Crippen molar-refractivity contribution in [2.24, 2.45) is 5.92 Å². The predicted octanol–water partition coefficient (Wildman–Crippen LogP) is 4.96. The van der Waals surface area contributed by atoms with Crippen LogP contribution in [0, 0.1) is 5.92 Å². The molecular weight excluding hydrogens is 287 g/mol. The number of rotatable bonds is 5. The van der Waals surface area contributed by atoms with Gasteiger partial charge in [-0.2, -0.15) is 0 Å². The second-order valence-corrected chi connectivity index (χ2v) is 5.58. The molecule has 1 aromatic carbocycles. The molecule has 0 aliphatic heterocycles. The van der Waals surface area contributed by atoms with Crippen LogP contribution in [0.3, 0.4) is 0 Å². The lowest BCUT2D eigenvalue weighted by Gasteiger charge is -2.16. The molecule has 0 fully saturated rings. The first kappa shape index (κ1) is 14.0. The molecule has 3 heteroatoms. The van der Waals surface area contributed by atoms with Crippen molar-refractivity contribution in [2.45, 2.75) is 39.2 Å². The van der Waals surface area contributed by atoms with E-state index in [4.69, 9.17) is 11.6 Å². The van der Waals surface area contributed by atoms with Gasteiger partial charge in [0.2, 0.25) is 0 Å². The van der Waals surface area contributed by atoms with E-state index >= 15 is 0 Å². The van der Waals surface area contributed by atoms with E-state index in [0.717, 1.165) is 29.3 Å². The van der Waals surface area contributed by atoms with Gasteiger partial charge in [0, 0.05) is 4.47 Å². The lowest BCUT2D eigenvalue weighted by molar-refractivity contribution is 0.145. The van der Waals surface area contributed by atoms with Crippen molar-refractivity contribution in [3.63, 3.8) is 0 Å². The summed E-state index contributed by atoms with van der Waals surface area (Å²) >= 11 is 9.28. The van der Waals surface area contributed by atoms with E-state index < -0.39 is 6.10 Å². The van der Waals surface area contributed by atoms with Crippen molar-refractivity contribution in [3.05, 3.63) is 33.3 Å². The van der Waals surface area contributed by atoms with Gasteiger partial charge < -0.3 is 5.11 Å². The molecule has 1 rings (SSSR count). The maximum absolute atomic E-state index is 10.1. The van der Waals surface area contributed by atoms with Gasteiger partial charge in [-0.15, -0.1) is 0 Å². The molecular formula is C13H18BrClO. The van der Waals surface area contributed by atoms with Gasteiger partial charge in [0.1, 0.15) is 0 Å². The summed E-state index contributed by atoms with van der Waals surface area (Å²) < 4.78 is 0.842. The van der Waals surface area contributed by atoms with Crippen molar-refractivity contribution >= 4 is 27.5 Å². The Morgan fingerprint density at radius 3 is 2.69 bits per heavy atom. The highest BCUT2D eigenvalue weighted by Crippen LogP contribution is 2.29. The molecule has 2 atom stereocenters. The Kier molecular flexibility index (Phi) is 5.81. The van der Waals surface area contributed by atoms with Gasteiger partial charge in [-0.1, -0.05) is 44.4 Å². The summed E-state index contributed by atoms with van der Waals surface area (Å²) in [6.07, 6.45) is 2.74. The summed E-state index contributed by atoms with van der Waals surface area (Å²) in [5, 5.41) is 10.7. The van der Waals surface area contributed by atoms with Crippen molar-refractivity contribution < 1.29 is 5.11 Å². The SMILES string of the molecule is CCCC(C)CC(O)c1ccc(Cl)c(Br)c1. The summed E-state index contributed by atoms with van der Waals surface area (Å²) in [7, 11) is 0. The highest BCUT2D eigenvalue weighted by atomic mass is 79.9. The molecule has 0 aliphatic carbocycles. The smallest absolute Gasteiger partial charge is 0.0793 e. The van der Waals surface area contributed by atoms with E-state index in [1.165, 1.54) is 0 Å². The number of hydrogen-bond donors (Lipinski definition) is 1. The van der Waals surface area contributed by atoms with E-state index in [2.05, 4.69) is 29.8 Å². The third kappa shape index (κ3) is 4.08. The van der Waals surface area contributed by atoms with E-state index in [-0.39, 0.29) is 0 Å². The summed E-state index contributed by atoms with van der Waals surface area (Å²) in [5.41, 5.74) is 0.930.